The highest BCUT2D eigenvalue weighted by molar-refractivity contribution is 5.71. The normalized spacial score (nSPS) is 12.8. The minimum atomic E-state index is -0.818. The first-order valence-corrected chi connectivity index (χ1v) is 33.9. The van der Waals surface area contributed by atoms with E-state index in [1.165, 1.54) is 173 Å². The van der Waals surface area contributed by atoms with Crippen LogP contribution in [0, 0.1) is 0 Å². The SMILES string of the molecule is CC/C=C\C/C=C\C/C=C\C/C=C\C/C=C\C/C=C\CCC(=O)OCC(COC(=O)CCCCCCCCCCCCCCCCCCCCCCCC)OC(=O)CCCCCCCC/C=C\C/C=C\C/C=C\CCCCCCC. The van der Waals surface area contributed by atoms with Gasteiger partial charge in [0, 0.05) is 19.3 Å². The largest absolute Gasteiger partial charge is 0.462 e. The fourth-order valence-electron chi connectivity index (χ4n) is 9.48. The fourth-order valence-corrected chi connectivity index (χ4v) is 9.48. The molecule has 0 heterocycles. The van der Waals surface area contributed by atoms with Crippen LogP contribution in [-0.2, 0) is 28.6 Å². The lowest BCUT2D eigenvalue weighted by atomic mass is 10.0. The molecule has 0 aromatic carbocycles. The van der Waals surface area contributed by atoms with Crippen LogP contribution < -0.4 is 0 Å². The zero-order valence-electron chi connectivity index (χ0n) is 52.6. The number of allylic oxidation sites excluding steroid dienone is 18. The van der Waals surface area contributed by atoms with Crippen LogP contribution in [0.15, 0.2) is 109 Å². The molecule has 0 aliphatic heterocycles. The fraction of sp³-hybridized carbons (Fsp3) is 0.716. The van der Waals surface area contributed by atoms with Crippen molar-refractivity contribution < 1.29 is 28.6 Å². The summed E-state index contributed by atoms with van der Waals surface area (Å²) in [6.45, 7) is 6.48. The molecule has 6 heteroatoms. The van der Waals surface area contributed by atoms with E-state index in [-0.39, 0.29) is 37.5 Å². The van der Waals surface area contributed by atoms with Crippen molar-refractivity contribution in [1.29, 1.82) is 0 Å². The summed E-state index contributed by atoms with van der Waals surface area (Å²) in [4.78, 5) is 38.4. The second kappa shape index (κ2) is 67.6. The van der Waals surface area contributed by atoms with Gasteiger partial charge >= 0.3 is 17.9 Å². The minimum absolute atomic E-state index is 0.105. The van der Waals surface area contributed by atoms with Crippen LogP contribution in [0.5, 0.6) is 0 Å². The molecule has 0 aromatic heterocycles. The highest BCUT2D eigenvalue weighted by atomic mass is 16.6. The summed E-state index contributed by atoms with van der Waals surface area (Å²) < 4.78 is 16.9. The lowest BCUT2D eigenvalue weighted by molar-refractivity contribution is -0.166. The molecule has 6 nitrogen and oxygen atoms in total. The third-order valence-corrected chi connectivity index (χ3v) is 14.5. The molecule has 0 aliphatic rings. The van der Waals surface area contributed by atoms with Crippen LogP contribution in [0.25, 0.3) is 0 Å². The van der Waals surface area contributed by atoms with Gasteiger partial charge < -0.3 is 14.2 Å². The Bertz CT molecular complexity index is 1610. The van der Waals surface area contributed by atoms with Crippen LogP contribution in [0.2, 0.25) is 0 Å². The number of rotatable bonds is 61. The molecule has 0 rings (SSSR count). The maximum Gasteiger partial charge on any atom is 0.306 e. The average molecular weight is 1110 g/mol. The Morgan fingerprint density at radius 2 is 0.512 bits per heavy atom. The predicted molar refractivity (Wildman–Crippen MR) is 348 cm³/mol. The molecule has 80 heavy (non-hydrogen) atoms. The first-order chi connectivity index (χ1) is 39.5. The molecule has 1 atom stereocenters. The van der Waals surface area contributed by atoms with Crippen molar-refractivity contribution in [3.05, 3.63) is 109 Å². The molecule has 0 fully saturated rings. The van der Waals surface area contributed by atoms with Crippen molar-refractivity contribution >= 4 is 17.9 Å². The lowest BCUT2D eigenvalue weighted by Gasteiger charge is -2.18. The highest BCUT2D eigenvalue weighted by Gasteiger charge is 2.19. The van der Waals surface area contributed by atoms with E-state index in [4.69, 9.17) is 14.2 Å². The Hall–Kier alpha value is -3.93. The molecule has 0 radical (unpaired) electrons. The number of carbonyl (C=O) groups is 3. The molecule has 1 unspecified atom stereocenters. The average Bonchev–Trinajstić information content (AvgIpc) is 3.46. The minimum Gasteiger partial charge on any atom is -0.462 e. The van der Waals surface area contributed by atoms with Gasteiger partial charge in [-0.2, -0.15) is 0 Å². The van der Waals surface area contributed by atoms with Gasteiger partial charge in [0.15, 0.2) is 6.10 Å². The molecular formula is C74H126O6. The summed E-state index contributed by atoms with van der Waals surface area (Å²) >= 11 is 0. The van der Waals surface area contributed by atoms with E-state index in [0.29, 0.717) is 19.3 Å². The van der Waals surface area contributed by atoms with Crippen molar-refractivity contribution in [3.63, 3.8) is 0 Å². The van der Waals surface area contributed by atoms with Gasteiger partial charge in [-0.1, -0.05) is 316 Å². The third kappa shape index (κ3) is 64.9. The number of ether oxygens (including phenoxy) is 3. The molecular weight excluding hydrogens is 985 g/mol. The molecule has 458 valence electrons. The van der Waals surface area contributed by atoms with E-state index in [1.807, 2.05) is 6.08 Å². The molecule has 0 bridgehead atoms. The lowest BCUT2D eigenvalue weighted by Crippen LogP contribution is -2.30. The van der Waals surface area contributed by atoms with E-state index in [2.05, 4.69) is 124 Å². The van der Waals surface area contributed by atoms with Crippen molar-refractivity contribution in [1.82, 2.24) is 0 Å². The Labute approximate surface area is 495 Å². The van der Waals surface area contributed by atoms with Gasteiger partial charge in [-0.15, -0.1) is 0 Å². The number of hydrogen-bond acceptors (Lipinski definition) is 6. The molecule has 0 spiro atoms. The topological polar surface area (TPSA) is 78.9 Å². The van der Waals surface area contributed by atoms with Gasteiger partial charge in [0.1, 0.15) is 13.2 Å². The number of unbranched alkanes of at least 4 members (excludes halogenated alkanes) is 32. The van der Waals surface area contributed by atoms with Crippen LogP contribution in [0.4, 0.5) is 0 Å². The van der Waals surface area contributed by atoms with E-state index in [1.54, 1.807) is 0 Å². The molecule has 0 amide bonds. The van der Waals surface area contributed by atoms with Crippen LogP contribution >= 0.6 is 0 Å². The first-order valence-electron chi connectivity index (χ1n) is 33.9. The van der Waals surface area contributed by atoms with Crippen molar-refractivity contribution in [3.8, 4) is 0 Å². The summed E-state index contributed by atoms with van der Waals surface area (Å²) in [6.07, 6.45) is 92.6. The molecule has 0 aromatic rings. The summed E-state index contributed by atoms with van der Waals surface area (Å²) in [5, 5.41) is 0. The van der Waals surface area contributed by atoms with E-state index in [0.717, 1.165) is 103 Å². The Kier molecular flexibility index (Phi) is 64.3. The van der Waals surface area contributed by atoms with E-state index >= 15 is 0 Å². The molecule has 0 aliphatic carbocycles. The smallest absolute Gasteiger partial charge is 0.306 e. The summed E-state index contributed by atoms with van der Waals surface area (Å²) in [7, 11) is 0. The van der Waals surface area contributed by atoms with Gasteiger partial charge in [-0.05, 0) is 96.3 Å². The van der Waals surface area contributed by atoms with Gasteiger partial charge in [0.25, 0.3) is 0 Å². The summed E-state index contributed by atoms with van der Waals surface area (Å²) in [6, 6.07) is 0. The Morgan fingerprint density at radius 1 is 0.263 bits per heavy atom. The van der Waals surface area contributed by atoms with Gasteiger partial charge in [0.05, 0.1) is 0 Å². The zero-order valence-corrected chi connectivity index (χ0v) is 52.6. The second-order valence-electron chi connectivity index (χ2n) is 22.4. The maximum atomic E-state index is 12.9. The first kappa shape index (κ1) is 76.1. The highest BCUT2D eigenvalue weighted by Crippen LogP contribution is 2.17. The maximum absolute atomic E-state index is 12.9. The van der Waals surface area contributed by atoms with Crippen LogP contribution in [0.3, 0.4) is 0 Å². The predicted octanol–water partition coefficient (Wildman–Crippen LogP) is 23.4. The van der Waals surface area contributed by atoms with Crippen LogP contribution in [-0.4, -0.2) is 37.2 Å². The third-order valence-electron chi connectivity index (χ3n) is 14.5. The van der Waals surface area contributed by atoms with Gasteiger partial charge in [-0.3, -0.25) is 14.4 Å². The van der Waals surface area contributed by atoms with Gasteiger partial charge in [-0.25, -0.2) is 0 Å². The summed E-state index contributed by atoms with van der Waals surface area (Å²) in [5.74, 6) is -0.994. The van der Waals surface area contributed by atoms with Crippen LogP contribution in [0.1, 0.15) is 323 Å². The van der Waals surface area contributed by atoms with Crippen molar-refractivity contribution in [2.75, 3.05) is 13.2 Å². The van der Waals surface area contributed by atoms with Crippen molar-refractivity contribution in [2.24, 2.45) is 0 Å². The number of esters is 3. The second-order valence-corrected chi connectivity index (χ2v) is 22.4. The molecule has 0 saturated heterocycles. The Morgan fingerprint density at radius 3 is 0.838 bits per heavy atom. The monoisotopic (exact) mass is 1110 g/mol. The zero-order chi connectivity index (χ0) is 57.8. The van der Waals surface area contributed by atoms with E-state index < -0.39 is 6.10 Å². The summed E-state index contributed by atoms with van der Waals surface area (Å²) in [5.41, 5.74) is 0. The quantitative estimate of drug-likeness (QED) is 0.0261. The number of carbonyl (C=O) groups excluding carboxylic acids is 3. The molecule has 0 N–H and O–H groups in total. The van der Waals surface area contributed by atoms with Crippen molar-refractivity contribution in [2.45, 2.75) is 329 Å². The van der Waals surface area contributed by atoms with Gasteiger partial charge in [0.2, 0.25) is 0 Å². The standard InChI is InChI=1S/C74H126O6/c1-4-7-10-13-16-19-22-25-28-31-34-36-38-40-43-46-49-52-55-58-61-64-67-73(76)79-70-71(69-78-72(75)66-63-60-57-54-51-48-45-42-39-33-30-27-24-21-18-15-12-9-6-3)80-74(77)68-65-62-59-56-53-50-47-44-41-37-35-32-29-26-23-20-17-14-11-8-5-2/h9,12,18,21,23,26-27,30,32,35,39,41-42,44,48,51,57,60,71H,4-8,10-11,13-17,19-20,22,24-25,28-29,31,33-34,36-38,40,43,45-47,49-50,52-56,58-59,61-70H2,1-3H3/b12-9-,21-18-,26-23-,30-27-,35-32-,42-39-,44-41-,51-48-,60-57-. The van der Waals surface area contributed by atoms with E-state index in [9.17, 15) is 14.4 Å². The Balaban J connectivity index is 4.48. The molecule has 0 saturated carbocycles. The number of hydrogen-bond donors (Lipinski definition) is 0.